The van der Waals surface area contributed by atoms with Gasteiger partial charge in [-0.25, -0.2) is 18.4 Å². The van der Waals surface area contributed by atoms with Crippen LogP contribution in [0.3, 0.4) is 0 Å². The second kappa shape index (κ2) is 19.7. The summed E-state index contributed by atoms with van der Waals surface area (Å²) in [5, 5.41) is 14.4. The summed E-state index contributed by atoms with van der Waals surface area (Å²) in [6, 6.07) is 20.6. The minimum Gasteiger partial charge on any atom is -0.444 e. The molecule has 2 N–H and O–H groups in total. The Morgan fingerprint density at radius 2 is 1.43 bits per heavy atom. The number of carbonyl (C=O) groups excluding carboxylic acids is 3. The predicted octanol–water partition coefficient (Wildman–Crippen LogP) is 8.80. The number of morpholine rings is 1. The Labute approximate surface area is 358 Å². The molecular weight excluding hydrogens is 807 g/mol. The Morgan fingerprint density at radius 3 is 2.05 bits per heavy atom. The number of amides is 3. The molecule has 0 radical (unpaired) electrons. The van der Waals surface area contributed by atoms with Gasteiger partial charge in [0.2, 0.25) is 11.8 Å². The molecule has 3 atom stereocenters. The molecule has 3 heterocycles. The fourth-order valence-electron chi connectivity index (χ4n) is 6.73. The number of aromatic nitrogens is 3. The summed E-state index contributed by atoms with van der Waals surface area (Å²) in [7, 11) is 0. The van der Waals surface area contributed by atoms with E-state index in [1.807, 2.05) is 32.9 Å². The molecular formula is C45H50F2N6O7S. The highest BCUT2D eigenvalue weighted by Crippen LogP contribution is 2.32. The van der Waals surface area contributed by atoms with Gasteiger partial charge in [-0.3, -0.25) is 9.78 Å². The zero-order chi connectivity index (χ0) is 43.7. The molecule has 0 aliphatic carbocycles. The van der Waals surface area contributed by atoms with Crippen LogP contribution in [-0.4, -0.2) is 86.5 Å². The summed E-state index contributed by atoms with van der Waals surface area (Å²) >= 11 is 1.32. The van der Waals surface area contributed by atoms with Gasteiger partial charge in [0.05, 0.1) is 25.3 Å². The topological polar surface area (TPSA) is 158 Å². The summed E-state index contributed by atoms with van der Waals surface area (Å²) in [5.74, 6) is -1.66. The first-order valence-corrected chi connectivity index (χ1v) is 20.9. The summed E-state index contributed by atoms with van der Waals surface area (Å²) in [5.41, 5.74) is 1.41. The van der Waals surface area contributed by atoms with Crippen molar-refractivity contribution in [3.05, 3.63) is 126 Å². The van der Waals surface area contributed by atoms with Gasteiger partial charge in [0.15, 0.2) is 0 Å². The van der Waals surface area contributed by atoms with Crippen LogP contribution in [0.25, 0.3) is 11.5 Å². The molecule has 0 spiro atoms. The van der Waals surface area contributed by atoms with Crippen LogP contribution in [-0.2, 0) is 25.4 Å². The zero-order valence-electron chi connectivity index (χ0n) is 34.9. The van der Waals surface area contributed by atoms with E-state index in [1.54, 1.807) is 62.3 Å². The maximum absolute atomic E-state index is 14.5. The normalized spacial score (nSPS) is 16.2. The molecule has 6 rings (SSSR count). The van der Waals surface area contributed by atoms with Crippen molar-refractivity contribution in [3.63, 3.8) is 0 Å². The van der Waals surface area contributed by atoms with Crippen molar-refractivity contribution >= 4 is 35.5 Å². The Bertz CT molecular complexity index is 2200. The van der Waals surface area contributed by atoms with Gasteiger partial charge in [-0.1, -0.05) is 54.2 Å². The van der Waals surface area contributed by atoms with Gasteiger partial charge in [-0.05, 0) is 114 Å². The van der Waals surface area contributed by atoms with Crippen LogP contribution in [0.1, 0.15) is 70.6 Å². The molecule has 0 saturated carbocycles. The second-order valence-corrected chi connectivity index (χ2v) is 17.5. The number of nitrogens with zero attached hydrogens (tertiary/aromatic N) is 4. The van der Waals surface area contributed by atoms with E-state index in [4.69, 9.17) is 18.6 Å². The standard InChI is InChI=1S/C45H50F2N6O7S/c1-44(2,3)59-41(55)50-38(37(29-11-16-32(46)17-12-29)30-13-18-33(47)19-14-30)39(54)49-36-10-8-7-9-28(36)15-20-34-25-53(43(56)60-45(4,5)6)26-35(57-34)27-61-42-52-51-40(58-42)31-21-23-48-24-22-31/h7-14,16-19,21-24,34-35,37-38H,15,20,25-27H2,1-6H3,(H,49,54)(H,50,55)/t34-,35+,38+/m1/s1. The summed E-state index contributed by atoms with van der Waals surface area (Å²) in [4.78, 5) is 46.9. The number of hydrogen-bond acceptors (Lipinski definition) is 11. The van der Waals surface area contributed by atoms with Crippen LogP contribution in [0.4, 0.5) is 24.1 Å². The fourth-order valence-corrected chi connectivity index (χ4v) is 7.48. The molecule has 1 fully saturated rings. The van der Waals surface area contributed by atoms with Gasteiger partial charge < -0.3 is 34.2 Å². The minimum absolute atomic E-state index is 0.274. The van der Waals surface area contributed by atoms with Crippen LogP contribution in [0, 0.1) is 11.6 Å². The molecule has 322 valence electrons. The highest BCUT2D eigenvalue weighted by atomic mass is 32.2. The number of carbonyl (C=O) groups is 3. The average molecular weight is 857 g/mol. The Kier molecular flexibility index (Phi) is 14.4. The lowest BCUT2D eigenvalue weighted by molar-refractivity contribution is -0.118. The SMILES string of the molecule is CC(C)(C)OC(=O)N[C@H](C(=O)Nc1ccccc1CC[C@@H]1CN(C(=O)OC(C)(C)C)C[C@@H](CSc2nnc(-c3ccncc3)o2)O1)C(c1ccc(F)cc1)c1ccc(F)cc1. The van der Waals surface area contributed by atoms with Crippen molar-refractivity contribution in [2.45, 2.75) is 95.0 Å². The number of anilines is 1. The van der Waals surface area contributed by atoms with Crippen molar-refractivity contribution in [1.82, 2.24) is 25.4 Å². The van der Waals surface area contributed by atoms with E-state index in [2.05, 4.69) is 25.8 Å². The Hall–Kier alpha value is -5.87. The quantitative estimate of drug-likeness (QED) is 0.109. The number of rotatable bonds is 13. The van der Waals surface area contributed by atoms with Crippen LogP contribution in [0.2, 0.25) is 0 Å². The van der Waals surface area contributed by atoms with Gasteiger partial charge in [-0.2, -0.15) is 0 Å². The third-order valence-electron chi connectivity index (χ3n) is 9.37. The molecule has 5 aromatic rings. The molecule has 16 heteroatoms. The van der Waals surface area contributed by atoms with E-state index >= 15 is 0 Å². The molecule has 61 heavy (non-hydrogen) atoms. The van der Waals surface area contributed by atoms with E-state index < -0.39 is 65.1 Å². The lowest BCUT2D eigenvalue weighted by Gasteiger charge is -2.38. The minimum atomic E-state index is -1.29. The van der Waals surface area contributed by atoms with Crippen molar-refractivity contribution < 1.29 is 41.8 Å². The van der Waals surface area contributed by atoms with Gasteiger partial charge in [-0.15, -0.1) is 10.2 Å². The van der Waals surface area contributed by atoms with Crippen molar-refractivity contribution in [3.8, 4) is 11.5 Å². The first-order valence-electron chi connectivity index (χ1n) is 19.9. The molecule has 1 aliphatic rings. The predicted molar refractivity (Wildman–Crippen MR) is 226 cm³/mol. The monoisotopic (exact) mass is 856 g/mol. The van der Waals surface area contributed by atoms with E-state index in [1.165, 1.54) is 60.3 Å². The number of pyridine rings is 1. The van der Waals surface area contributed by atoms with E-state index in [-0.39, 0.29) is 13.1 Å². The molecule has 1 aliphatic heterocycles. The largest absolute Gasteiger partial charge is 0.444 e. The number of aryl methyl sites for hydroxylation is 1. The van der Waals surface area contributed by atoms with Crippen LogP contribution >= 0.6 is 11.8 Å². The van der Waals surface area contributed by atoms with Gasteiger partial charge in [0.1, 0.15) is 28.9 Å². The average Bonchev–Trinajstić information content (AvgIpc) is 3.69. The van der Waals surface area contributed by atoms with Gasteiger partial charge >= 0.3 is 12.2 Å². The smallest absolute Gasteiger partial charge is 0.410 e. The number of benzene rings is 3. The highest BCUT2D eigenvalue weighted by molar-refractivity contribution is 7.99. The van der Waals surface area contributed by atoms with Crippen LogP contribution in [0.15, 0.2) is 107 Å². The lowest BCUT2D eigenvalue weighted by Crippen LogP contribution is -2.52. The van der Waals surface area contributed by atoms with Crippen LogP contribution in [0.5, 0.6) is 0 Å². The zero-order valence-corrected chi connectivity index (χ0v) is 35.7. The number of ether oxygens (including phenoxy) is 3. The molecule has 0 bridgehead atoms. The van der Waals surface area contributed by atoms with E-state index in [9.17, 15) is 23.2 Å². The summed E-state index contributed by atoms with van der Waals surface area (Å²) < 4.78 is 52.0. The summed E-state index contributed by atoms with van der Waals surface area (Å²) in [6.45, 7) is 11.1. The molecule has 1 saturated heterocycles. The number of hydrogen-bond donors (Lipinski definition) is 2. The molecule has 0 unspecified atom stereocenters. The molecule has 13 nitrogen and oxygen atoms in total. The van der Waals surface area contributed by atoms with Crippen molar-refractivity contribution in [2.75, 3.05) is 24.2 Å². The van der Waals surface area contributed by atoms with Crippen LogP contribution < -0.4 is 10.6 Å². The first-order chi connectivity index (χ1) is 29.0. The molecule has 2 aromatic heterocycles. The highest BCUT2D eigenvalue weighted by Gasteiger charge is 2.36. The number of thioether (sulfide) groups is 1. The number of para-hydroxylation sites is 1. The fraction of sp³-hybridized carbons (Fsp3) is 0.378. The Balaban J connectivity index is 1.21. The number of halogens is 2. The number of nitrogens with one attached hydrogen (secondary N) is 2. The molecule has 3 amide bonds. The number of alkyl carbamates (subject to hydrolysis) is 1. The van der Waals surface area contributed by atoms with Crippen molar-refractivity contribution in [1.29, 1.82) is 0 Å². The Morgan fingerprint density at radius 1 is 0.820 bits per heavy atom. The third kappa shape index (κ3) is 13.1. The summed E-state index contributed by atoms with van der Waals surface area (Å²) in [6.07, 6.45) is 2.07. The third-order valence-corrected chi connectivity index (χ3v) is 10.3. The van der Waals surface area contributed by atoms with E-state index in [0.717, 1.165) is 11.1 Å². The maximum atomic E-state index is 14.5. The first kappa shape index (κ1) is 44.7. The van der Waals surface area contributed by atoms with Gasteiger partial charge in [0.25, 0.3) is 5.22 Å². The molecule has 3 aromatic carbocycles. The van der Waals surface area contributed by atoms with Gasteiger partial charge in [0, 0.05) is 35.3 Å². The van der Waals surface area contributed by atoms with E-state index in [0.29, 0.717) is 46.5 Å². The second-order valence-electron chi connectivity index (χ2n) is 16.6. The van der Waals surface area contributed by atoms with Crippen molar-refractivity contribution in [2.24, 2.45) is 0 Å². The maximum Gasteiger partial charge on any atom is 0.410 e. The lowest BCUT2D eigenvalue weighted by atomic mass is 9.84.